The molecular weight excluding hydrogens is 378 g/mol. The fourth-order valence-electron chi connectivity index (χ4n) is 4.22. The molecule has 0 saturated carbocycles. The van der Waals surface area contributed by atoms with E-state index in [0.29, 0.717) is 30.6 Å². The van der Waals surface area contributed by atoms with Crippen molar-refractivity contribution in [2.24, 2.45) is 7.05 Å². The number of hydrogen-bond acceptors (Lipinski definition) is 5. The number of ether oxygens (including phenoxy) is 1. The van der Waals surface area contributed by atoms with Crippen molar-refractivity contribution in [3.05, 3.63) is 69.3 Å². The number of fused-ring (bicyclic) bond motifs is 2. The van der Waals surface area contributed by atoms with Gasteiger partial charge in [0.1, 0.15) is 0 Å². The smallest absolute Gasteiger partial charge is 0.272 e. The third-order valence-electron chi connectivity index (χ3n) is 5.72. The van der Waals surface area contributed by atoms with E-state index < -0.39 is 0 Å². The largest absolute Gasteiger partial charge is 0.372 e. The zero-order valence-electron chi connectivity index (χ0n) is 16.7. The number of hydrogen-bond donors (Lipinski definition) is 1. The molecule has 0 spiro atoms. The maximum Gasteiger partial charge on any atom is 0.272 e. The molecule has 3 heterocycles. The Kier molecular flexibility index (Phi) is 4.23. The van der Waals surface area contributed by atoms with E-state index in [1.807, 2.05) is 44.3 Å². The molecular formula is C23H19N5O2. The lowest BCUT2D eigenvalue weighted by Gasteiger charge is -2.13. The molecule has 0 radical (unpaired) electrons. The summed E-state index contributed by atoms with van der Waals surface area (Å²) in [6.07, 6.45) is 2.51. The second-order valence-corrected chi connectivity index (χ2v) is 7.37. The number of aromatic nitrogens is 4. The molecule has 1 N–H and O–H groups in total. The molecule has 2 aromatic carbocycles. The topological polar surface area (TPSA) is 96.6 Å². The highest BCUT2D eigenvalue weighted by Gasteiger charge is 2.24. The van der Waals surface area contributed by atoms with E-state index in [9.17, 15) is 10.1 Å². The number of nitriles is 1. The molecule has 4 aromatic rings. The number of H-pyrrole nitrogens is 1. The second kappa shape index (κ2) is 6.94. The predicted molar refractivity (Wildman–Crippen MR) is 113 cm³/mol. The van der Waals surface area contributed by atoms with E-state index >= 15 is 0 Å². The molecule has 0 aliphatic carbocycles. The Balaban J connectivity index is 1.79. The lowest BCUT2D eigenvalue weighted by Crippen LogP contribution is -2.10. The molecule has 7 heteroatoms. The molecule has 0 atom stereocenters. The molecule has 0 saturated heterocycles. The van der Waals surface area contributed by atoms with Crippen LogP contribution in [0.2, 0.25) is 0 Å². The van der Waals surface area contributed by atoms with Crippen molar-refractivity contribution in [3.8, 4) is 28.5 Å². The van der Waals surface area contributed by atoms with E-state index in [1.54, 1.807) is 10.9 Å². The monoisotopic (exact) mass is 397 g/mol. The fraction of sp³-hybridized carbons (Fsp3) is 0.217. The number of rotatable bonds is 3. The van der Waals surface area contributed by atoms with Gasteiger partial charge in [-0.15, -0.1) is 0 Å². The minimum atomic E-state index is -0.204. The zero-order valence-corrected chi connectivity index (χ0v) is 16.7. The zero-order chi connectivity index (χ0) is 20.8. The first-order valence-corrected chi connectivity index (χ1v) is 9.79. The molecule has 1 aliphatic rings. The van der Waals surface area contributed by atoms with Crippen LogP contribution in [0.5, 0.6) is 0 Å². The number of nitrogens with zero attached hydrogens (tertiary/aromatic N) is 4. The molecule has 0 bridgehead atoms. The van der Waals surface area contributed by atoms with E-state index in [2.05, 4.69) is 21.4 Å². The molecule has 148 valence electrons. The van der Waals surface area contributed by atoms with Gasteiger partial charge in [-0.1, -0.05) is 19.1 Å². The fourth-order valence-corrected chi connectivity index (χ4v) is 4.22. The van der Waals surface area contributed by atoms with Crippen LogP contribution in [-0.2, 0) is 31.4 Å². The van der Waals surface area contributed by atoms with Crippen LogP contribution >= 0.6 is 0 Å². The Bertz CT molecular complexity index is 1410. The summed E-state index contributed by atoms with van der Waals surface area (Å²) in [5, 5.41) is 22.5. The van der Waals surface area contributed by atoms with Gasteiger partial charge in [-0.05, 0) is 41.3 Å². The van der Waals surface area contributed by atoms with Gasteiger partial charge in [0.2, 0.25) is 0 Å². The number of aromatic amines is 1. The Morgan fingerprint density at radius 3 is 2.90 bits per heavy atom. The van der Waals surface area contributed by atoms with Gasteiger partial charge < -0.3 is 4.74 Å². The molecule has 5 rings (SSSR count). The van der Waals surface area contributed by atoms with E-state index in [4.69, 9.17) is 4.74 Å². The first-order valence-electron chi connectivity index (χ1n) is 9.79. The molecule has 30 heavy (non-hydrogen) atoms. The Morgan fingerprint density at radius 2 is 2.10 bits per heavy atom. The Hall–Kier alpha value is -3.76. The molecule has 0 unspecified atom stereocenters. The SMILES string of the molecule is CCc1n[nH]c(=O)c2ccc(-c3cnn(C)c3-c3c(C#N)ccc4c3COC4)cc12. The minimum absolute atomic E-state index is 0.204. The van der Waals surface area contributed by atoms with Gasteiger partial charge in [0.05, 0.1) is 47.8 Å². The summed E-state index contributed by atoms with van der Waals surface area (Å²) in [6, 6.07) is 11.9. The molecule has 2 aromatic heterocycles. The van der Waals surface area contributed by atoms with Crippen LogP contribution in [0.15, 0.2) is 41.3 Å². The summed E-state index contributed by atoms with van der Waals surface area (Å²) >= 11 is 0. The van der Waals surface area contributed by atoms with Crippen molar-refractivity contribution in [2.45, 2.75) is 26.6 Å². The summed E-state index contributed by atoms with van der Waals surface area (Å²) in [6.45, 7) is 3.03. The summed E-state index contributed by atoms with van der Waals surface area (Å²) < 4.78 is 7.45. The van der Waals surface area contributed by atoms with Gasteiger partial charge >= 0.3 is 0 Å². The summed E-state index contributed by atoms with van der Waals surface area (Å²) in [4.78, 5) is 12.2. The van der Waals surface area contributed by atoms with Gasteiger partial charge in [0.15, 0.2) is 0 Å². The second-order valence-electron chi connectivity index (χ2n) is 7.37. The van der Waals surface area contributed by atoms with Crippen LogP contribution in [0.25, 0.3) is 33.2 Å². The van der Waals surface area contributed by atoms with Crippen molar-refractivity contribution >= 4 is 10.8 Å². The van der Waals surface area contributed by atoms with Crippen LogP contribution in [0, 0.1) is 11.3 Å². The van der Waals surface area contributed by atoms with Gasteiger partial charge in [0.25, 0.3) is 5.56 Å². The molecule has 0 amide bonds. The van der Waals surface area contributed by atoms with E-state index in [1.165, 1.54) is 0 Å². The molecule has 0 fully saturated rings. The van der Waals surface area contributed by atoms with Crippen LogP contribution in [0.3, 0.4) is 0 Å². The lowest BCUT2D eigenvalue weighted by molar-refractivity contribution is 0.134. The summed E-state index contributed by atoms with van der Waals surface area (Å²) in [5.41, 5.74) is 6.91. The Labute approximate surface area is 172 Å². The van der Waals surface area contributed by atoms with Crippen molar-refractivity contribution in [1.82, 2.24) is 20.0 Å². The molecule has 1 aliphatic heterocycles. The first-order chi connectivity index (χ1) is 14.6. The van der Waals surface area contributed by atoms with Crippen LogP contribution < -0.4 is 5.56 Å². The van der Waals surface area contributed by atoms with Crippen molar-refractivity contribution in [1.29, 1.82) is 5.26 Å². The van der Waals surface area contributed by atoms with E-state index in [-0.39, 0.29) is 5.56 Å². The number of benzene rings is 2. The summed E-state index contributed by atoms with van der Waals surface area (Å²) in [5.74, 6) is 0. The quantitative estimate of drug-likeness (QED) is 0.571. The maximum atomic E-state index is 12.2. The lowest BCUT2D eigenvalue weighted by atomic mass is 9.91. The average molecular weight is 397 g/mol. The highest BCUT2D eigenvalue weighted by atomic mass is 16.5. The molecule has 7 nitrogen and oxygen atoms in total. The summed E-state index contributed by atoms with van der Waals surface area (Å²) in [7, 11) is 1.87. The van der Waals surface area contributed by atoms with E-state index in [0.717, 1.165) is 44.6 Å². The van der Waals surface area contributed by atoms with Crippen molar-refractivity contribution in [3.63, 3.8) is 0 Å². The van der Waals surface area contributed by atoms with Crippen LogP contribution in [0.4, 0.5) is 0 Å². The highest BCUT2D eigenvalue weighted by molar-refractivity contribution is 5.92. The third kappa shape index (κ3) is 2.65. The normalized spacial score (nSPS) is 12.8. The number of aryl methyl sites for hydroxylation is 2. The Morgan fingerprint density at radius 1 is 1.23 bits per heavy atom. The van der Waals surface area contributed by atoms with Gasteiger partial charge in [-0.3, -0.25) is 9.48 Å². The standard InChI is InChI=1S/C23H19N5O2/c1-3-20-17-8-13(6-7-16(17)23(29)27-26-20)18-10-25-28(2)22(18)21-14(9-24)4-5-15-11-30-12-19(15)21/h4-8,10H,3,11-12H2,1-2H3,(H,27,29). The maximum absolute atomic E-state index is 12.2. The minimum Gasteiger partial charge on any atom is -0.372 e. The van der Waals surface area contributed by atoms with Gasteiger partial charge in [0, 0.05) is 23.6 Å². The van der Waals surface area contributed by atoms with Gasteiger partial charge in [-0.2, -0.15) is 15.5 Å². The predicted octanol–water partition coefficient (Wildman–Crippen LogP) is 3.45. The third-order valence-corrected chi connectivity index (χ3v) is 5.72. The van der Waals surface area contributed by atoms with Crippen molar-refractivity contribution in [2.75, 3.05) is 0 Å². The average Bonchev–Trinajstić information content (AvgIpc) is 3.39. The first kappa shape index (κ1) is 18.3. The van der Waals surface area contributed by atoms with Gasteiger partial charge in [-0.25, -0.2) is 5.10 Å². The highest BCUT2D eigenvalue weighted by Crippen LogP contribution is 2.39. The van der Waals surface area contributed by atoms with Crippen LogP contribution in [0.1, 0.15) is 29.3 Å². The number of nitrogens with one attached hydrogen (secondary N) is 1. The van der Waals surface area contributed by atoms with Crippen molar-refractivity contribution < 1.29 is 4.74 Å². The van der Waals surface area contributed by atoms with Crippen LogP contribution in [-0.4, -0.2) is 20.0 Å².